The average molecular weight is 366 g/mol. The minimum atomic E-state index is -3.55. The molecule has 0 aliphatic rings. The third-order valence-electron chi connectivity index (χ3n) is 3.41. The summed E-state index contributed by atoms with van der Waals surface area (Å²) in [5.41, 5.74) is 0.634. The summed E-state index contributed by atoms with van der Waals surface area (Å²) in [5, 5.41) is 2.45. The van der Waals surface area contributed by atoms with Crippen molar-refractivity contribution in [2.75, 3.05) is 18.7 Å². The molecule has 1 amide bonds. The third kappa shape index (κ3) is 5.84. The monoisotopic (exact) mass is 366 g/mol. The molecule has 0 aliphatic carbocycles. The number of para-hydroxylation sites is 1. The number of amides is 1. The van der Waals surface area contributed by atoms with Crippen molar-refractivity contribution in [1.29, 1.82) is 0 Å². The van der Waals surface area contributed by atoms with Crippen LogP contribution in [-0.2, 0) is 14.8 Å². The van der Waals surface area contributed by atoms with E-state index in [1.165, 1.54) is 25.3 Å². The van der Waals surface area contributed by atoms with Crippen LogP contribution in [-0.4, -0.2) is 27.7 Å². The van der Waals surface area contributed by atoms with Gasteiger partial charge in [0.1, 0.15) is 11.6 Å². The van der Waals surface area contributed by atoms with Crippen molar-refractivity contribution in [2.24, 2.45) is 0 Å². The van der Waals surface area contributed by atoms with E-state index in [0.717, 1.165) is 6.26 Å². The molecule has 0 spiro atoms. The first-order valence-corrected chi connectivity index (χ1v) is 9.33. The van der Waals surface area contributed by atoms with Gasteiger partial charge in [0, 0.05) is 6.42 Å². The zero-order chi connectivity index (χ0) is 18.4. The van der Waals surface area contributed by atoms with E-state index < -0.39 is 27.8 Å². The molecule has 6 nitrogen and oxygen atoms in total. The summed E-state index contributed by atoms with van der Waals surface area (Å²) < 4.78 is 44.3. The number of carbonyl (C=O) groups is 1. The second kappa shape index (κ2) is 8.09. The highest BCUT2D eigenvalue weighted by Gasteiger charge is 2.20. The first kappa shape index (κ1) is 18.9. The van der Waals surface area contributed by atoms with Gasteiger partial charge in [0.25, 0.3) is 0 Å². The lowest BCUT2D eigenvalue weighted by atomic mass is 10.0. The zero-order valence-corrected chi connectivity index (χ0v) is 14.6. The SMILES string of the molecule is COc1ccc(C(CC(=O)Nc2ccccc2F)NS(C)(=O)=O)cc1. The molecule has 0 heterocycles. The molecule has 0 radical (unpaired) electrons. The first-order valence-electron chi connectivity index (χ1n) is 7.44. The predicted molar refractivity (Wildman–Crippen MR) is 93.4 cm³/mol. The second-order valence-electron chi connectivity index (χ2n) is 5.45. The van der Waals surface area contributed by atoms with E-state index in [4.69, 9.17) is 4.74 Å². The Hall–Kier alpha value is -2.45. The third-order valence-corrected chi connectivity index (χ3v) is 4.12. The molecular formula is C17H19FN2O4S. The van der Waals surface area contributed by atoms with Gasteiger partial charge < -0.3 is 10.1 Å². The Morgan fingerprint density at radius 1 is 1.16 bits per heavy atom. The van der Waals surface area contributed by atoms with E-state index in [-0.39, 0.29) is 12.1 Å². The van der Waals surface area contributed by atoms with Crippen molar-refractivity contribution in [1.82, 2.24) is 4.72 Å². The number of anilines is 1. The number of carbonyl (C=O) groups excluding carboxylic acids is 1. The van der Waals surface area contributed by atoms with Gasteiger partial charge in [-0.3, -0.25) is 4.79 Å². The average Bonchev–Trinajstić information content (AvgIpc) is 2.55. The molecule has 2 N–H and O–H groups in total. The number of rotatable bonds is 7. The Balaban J connectivity index is 2.17. The molecule has 0 saturated heterocycles. The van der Waals surface area contributed by atoms with Gasteiger partial charge in [-0.25, -0.2) is 17.5 Å². The number of hydrogen-bond donors (Lipinski definition) is 2. The maximum absolute atomic E-state index is 13.6. The van der Waals surface area contributed by atoms with Gasteiger partial charge in [0.05, 0.1) is 25.1 Å². The van der Waals surface area contributed by atoms with Crippen molar-refractivity contribution in [3.63, 3.8) is 0 Å². The van der Waals surface area contributed by atoms with Crippen LogP contribution < -0.4 is 14.8 Å². The molecular weight excluding hydrogens is 347 g/mol. The van der Waals surface area contributed by atoms with Crippen LogP contribution in [0.1, 0.15) is 18.0 Å². The minimum Gasteiger partial charge on any atom is -0.497 e. The number of sulfonamides is 1. The van der Waals surface area contributed by atoms with Crippen molar-refractivity contribution >= 4 is 21.6 Å². The van der Waals surface area contributed by atoms with E-state index in [1.807, 2.05) is 0 Å². The second-order valence-corrected chi connectivity index (χ2v) is 7.23. The lowest BCUT2D eigenvalue weighted by molar-refractivity contribution is -0.116. The number of methoxy groups -OCH3 is 1. The summed E-state index contributed by atoms with van der Waals surface area (Å²) in [4.78, 5) is 12.2. The largest absolute Gasteiger partial charge is 0.497 e. The van der Waals surface area contributed by atoms with Crippen LogP contribution in [0.25, 0.3) is 0 Å². The molecule has 1 unspecified atom stereocenters. The molecule has 1 atom stereocenters. The maximum atomic E-state index is 13.6. The summed E-state index contributed by atoms with van der Waals surface area (Å²) in [6.45, 7) is 0. The van der Waals surface area contributed by atoms with E-state index in [2.05, 4.69) is 10.0 Å². The minimum absolute atomic E-state index is 0.0420. The molecule has 0 fully saturated rings. The summed E-state index contributed by atoms with van der Waals surface area (Å²) in [5.74, 6) is -0.465. The fourth-order valence-corrected chi connectivity index (χ4v) is 3.01. The van der Waals surface area contributed by atoms with E-state index in [1.54, 1.807) is 30.3 Å². The van der Waals surface area contributed by atoms with Crippen LogP contribution in [0.3, 0.4) is 0 Å². The molecule has 8 heteroatoms. The highest BCUT2D eigenvalue weighted by atomic mass is 32.2. The first-order chi connectivity index (χ1) is 11.8. The summed E-state index contributed by atoms with van der Waals surface area (Å²) in [7, 11) is -2.03. The van der Waals surface area contributed by atoms with Crippen LogP contribution in [0.15, 0.2) is 48.5 Å². The van der Waals surface area contributed by atoms with Crippen molar-refractivity contribution in [3.05, 3.63) is 59.9 Å². The van der Waals surface area contributed by atoms with Crippen molar-refractivity contribution < 1.29 is 22.3 Å². The smallest absolute Gasteiger partial charge is 0.226 e. The zero-order valence-electron chi connectivity index (χ0n) is 13.8. The van der Waals surface area contributed by atoms with Gasteiger partial charge in [-0.2, -0.15) is 0 Å². The van der Waals surface area contributed by atoms with Gasteiger partial charge in [0.15, 0.2) is 0 Å². The number of benzene rings is 2. The molecule has 25 heavy (non-hydrogen) atoms. The predicted octanol–water partition coefficient (Wildman–Crippen LogP) is 2.45. The van der Waals surface area contributed by atoms with Crippen LogP contribution in [0, 0.1) is 5.82 Å². The molecule has 0 aromatic heterocycles. The maximum Gasteiger partial charge on any atom is 0.226 e. The summed E-state index contributed by atoms with van der Waals surface area (Å²) >= 11 is 0. The standard InChI is InChI=1S/C17H19FN2O4S/c1-24-13-9-7-12(8-10-13)16(20-25(2,22)23)11-17(21)19-15-6-4-3-5-14(15)18/h3-10,16,20H,11H2,1-2H3,(H,19,21). The fourth-order valence-electron chi connectivity index (χ4n) is 2.27. The van der Waals surface area contributed by atoms with E-state index >= 15 is 0 Å². The van der Waals surface area contributed by atoms with Crippen molar-refractivity contribution in [3.8, 4) is 5.75 Å². The molecule has 0 saturated carbocycles. The Bertz CT molecular complexity index is 838. The molecule has 2 aromatic rings. The van der Waals surface area contributed by atoms with Crippen LogP contribution in [0.4, 0.5) is 10.1 Å². The molecule has 134 valence electrons. The Labute approximate surface area is 146 Å². The van der Waals surface area contributed by atoms with Crippen LogP contribution >= 0.6 is 0 Å². The Kier molecular flexibility index (Phi) is 6.11. The number of hydrogen-bond acceptors (Lipinski definition) is 4. The lowest BCUT2D eigenvalue weighted by Crippen LogP contribution is -2.30. The summed E-state index contributed by atoms with van der Waals surface area (Å²) in [6.07, 6.45) is 0.825. The molecule has 0 aliphatic heterocycles. The van der Waals surface area contributed by atoms with Gasteiger partial charge in [-0.15, -0.1) is 0 Å². The lowest BCUT2D eigenvalue weighted by Gasteiger charge is -2.18. The summed E-state index contributed by atoms with van der Waals surface area (Å²) in [6, 6.07) is 11.6. The molecule has 0 bridgehead atoms. The highest BCUT2D eigenvalue weighted by Crippen LogP contribution is 2.22. The van der Waals surface area contributed by atoms with Gasteiger partial charge in [0.2, 0.25) is 15.9 Å². The molecule has 2 aromatic carbocycles. The van der Waals surface area contributed by atoms with Gasteiger partial charge >= 0.3 is 0 Å². The van der Waals surface area contributed by atoms with Crippen molar-refractivity contribution in [2.45, 2.75) is 12.5 Å². The van der Waals surface area contributed by atoms with E-state index in [0.29, 0.717) is 11.3 Å². The Morgan fingerprint density at radius 2 is 1.80 bits per heavy atom. The van der Waals surface area contributed by atoms with E-state index in [9.17, 15) is 17.6 Å². The van der Waals surface area contributed by atoms with Crippen LogP contribution in [0.5, 0.6) is 5.75 Å². The Morgan fingerprint density at radius 3 is 2.36 bits per heavy atom. The number of nitrogens with one attached hydrogen (secondary N) is 2. The fraction of sp³-hybridized carbons (Fsp3) is 0.235. The van der Waals surface area contributed by atoms with Crippen LogP contribution in [0.2, 0.25) is 0 Å². The van der Waals surface area contributed by atoms with Gasteiger partial charge in [-0.1, -0.05) is 24.3 Å². The normalized spacial score (nSPS) is 12.4. The molecule has 2 rings (SSSR count). The topological polar surface area (TPSA) is 84.5 Å². The quantitative estimate of drug-likeness (QED) is 0.788. The number of ether oxygens (including phenoxy) is 1. The number of halogens is 1. The highest BCUT2D eigenvalue weighted by molar-refractivity contribution is 7.88. The van der Waals surface area contributed by atoms with Gasteiger partial charge in [-0.05, 0) is 29.8 Å².